The predicted octanol–water partition coefficient (Wildman–Crippen LogP) is 1.44. The van der Waals surface area contributed by atoms with E-state index >= 15 is 0 Å². The van der Waals surface area contributed by atoms with Crippen LogP contribution in [0.25, 0.3) is 0 Å². The summed E-state index contributed by atoms with van der Waals surface area (Å²) in [6, 6.07) is 7.95. The summed E-state index contributed by atoms with van der Waals surface area (Å²) < 4.78 is 5.15. The molecule has 1 aromatic rings. The molecule has 0 spiro atoms. The number of nitrogens with two attached hydrogens (primary N) is 1. The average molecular weight is 339 g/mol. The van der Waals surface area contributed by atoms with Gasteiger partial charge in [-0.1, -0.05) is 30.3 Å². The van der Waals surface area contributed by atoms with Crippen LogP contribution in [-0.4, -0.2) is 39.3 Å². The van der Waals surface area contributed by atoms with Crippen LogP contribution in [0, 0.1) is 0 Å². The van der Waals surface area contributed by atoms with Crippen molar-refractivity contribution in [2.45, 2.75) is 51.9 Å². The molecule has 0 saturated heterocycles. The number of carbonyl (C=O) groups excluding carboxylic acids is 2. The van der Waals surface area contributed by atoms with Gasteiger partial charge in [-0.05, 0) is 40.2 Å². The summed E-state index contributed by atoms with van der Waals surface area (Å²) in [6.07, 6.45) is 0. The highest BCUT2D eigenvalue weighted by Crippen LogP contribution is 2.28. The van der Waals surface area contributed by atoms with E-state index in [1.54, 1.807) is 39.0 Å². The van der Waals surface area contributed by atoms with Gasteiger partial charge in [-0.2, -0.15) is 0 Å². The lowest BCUT2D eigenvalue weighted by Crippen LogP contribution is -2.56. The third-order valence-corrected chi connectivity index (χ3v) is 2.56. The molecular weight excluding hydrogens is 314 g/mol. The maximum atomic E-state index is 12.2. The molecule has 7 heteroatoms. The second-order valence-electron chi connectivity index (χ2n) is 6.42. The molecule has 0 unspecified atom stereocenters. The van der Waals surface area contributed by atoms with E-state index in [4.69, 9.17) is 15.6 Å². The van der Waals surface area contributed by atoms with E-state index in [0.717, 1.165) is 0 Å². The lowest BCUT2D eigenvalue weighted by Gasteiger charge is -2.30. The first-order valence-corrected chi connectivity index (χ1v) is 7.28. The van der Waals surface area contributed by atoms with Gasteiger partial charge in [-0.3, -0.25) is 10.5 Å². The maximum Gasteiger partial charge on any atom is 0.352 e. The van der Waals surface area contributed by atoms with Gasteiger partial charge in [0.1, 0.15) is 17.3 Å². The van der Waals surface area contributed by atoms with Gasteiger partial charge >= 0.3 is 11.9 Å². The number of carboxylic acids is 1. The first-order chi connectivity index (χ1) is 10.8. The van der Waals surface area contributed by atoms with Crippen molar-refractivity contribution in [2.24, 2.45) is 5.73 Å². The van der Waals surface area contributed by atoms with Crippen molar-refractivity contribution in [3.63, 3.8) is 0 Å². The predicted molar refractivity (Wildman–Crippen MR) is 88.2 cm³/mol. The summed E-state index contributed by atoms with van der Waals surface area (Å²) in [4.78, 5) is 32.8. The highest BCUT2D eigenvalue weighted by molar-refractivity contribution is 5.89. The molecule has 0 aliphatic carbocycles. The SMILES string of the molecule is CC(C)(C)OC(=O)[C@@H](c1ccccc1)[C@@](N)(O)C(=O)O.CC(C)=O. The largest absolute Gasteiger partial charge is 0.478 e. The number of ketones is 1. The summed E-state index contributed by atoms with van der Waals surface area (Å²) >= 11 is 0. The standard InChI is InChI=1S/C14H19NO5.C3H6O/c1-13(2,3)20-11(16)10(14(15,19)12(17)18)9-7-5-4-6-8-9;1-3(2)4/h4-8,10,19H,15H2,1-3H3,(H,17,18);1-2H3/t10-,14-;/m1./s1. The van der Waals surface area contributed by atoms with Crippen LogP contribution >= 0.6 is 0 Å². The first kappa shape index (κ1) is 21.8. The van der Waals surface area contributed by atoms with Crippen molar-refractivity contribution in [3.05, 3.63) is 35.9 Å². The second kappa shape index (κ2) is 8.56. The molecule has 0 heterocycles. The molecule has 0 fully saturated rings. The Hall–Kier alpha value is -2.25. The number of esters is 1. The van der Waals surface area contributed by atoms with Crippen LogP contribution in [0.1, 0.15) is 46.1 Å². The van der Waals surface area contributed by atoms with Gasteiger partial charge in [-0.25, -0.2) is 4.79 Å². The summed E-state index contributed by atoms with van der Waals surface area (Å²) in [6.45, 7) is 7.98. The molecule has 2 atom stereocenters. The molecular formula is C17H25NO6. The molecule has 0 radical (unpaired) electrons. The van der Waals surface area contributed by atoms with E-state index in [-0.39, 0.29) is 11.3 Å². The van der Waals surface area contributed by atoms with E-state index in [0.29, 0.717) is 0 Å². The molecule has 24 heavy (non-hydrogen) atoms. The minimum Gasteiger partial charge on any atom is -0.478 e. The number of carboxylic acid groups (broad SMARTS) is 1. The van der Waals surface area contributed by atoms with Crippen molar-refractivity contribution in [1.82, 2.24) is 0 Å². The number of ether oxygens (including phenoxy) is 1. The van der Waals surface area contributed by atoms with Crippen molar-refractivity contribution in [3.8, 4) is 0 Å². The molecule has 134 valence electrons. The van der Waals surface area contributed by atoms with Gasteiger partial charge in [-0.15, -0.1) is 0 Å². The van der Waals surface area contributed by atoms with Gasteiger partial charge in [0.25, 0.3) is 0 Å². The Morgan fingerprint density at radius 1 is 1.08 bits per heavy atom. The number of carbonyl (C=O) groups is 3. The number of aliphatic hydroxyl groups is 1. The maximum absolute atomic E-state index is 12.2. The normalized spacial score (nSPS) is 14.5. The molecule has 0 aromatic heterocycles. The zero-order valence-corrected chi connectivity index (χ0v) is 14.6. The van der Waals surface area contributed by atoms with Crippen LogP contribution < -0.4 is 5.73 Å². The summed E-state index contributed by atoms with van der Waals surface area (Å²) in [5, 5.41) is 19.0. The Bertz CT molecular complexity index is 570. The number of hydrogen-bond acceptors (Lipinski definition) is 6. The molecule has 1 rings (SSSR count). The third-order valence-electron chi connectivity index (χ3n) is 2.56. The highest BCUT2D eigenvalue weighted by atomic mass is 16.6. The summed E-state index contributed by atoms with van der Waals surface area (Å²) in [7, 11) is 0. The van der Waals surface area contributed by atoms with Crippen molar-refractivity contribution >= 4 is 17.7 Å². The van der Waals surface area contributed by atoms with Crippen LogP contribution in [0.3, 0.4) is 0 Å². The smallest absolute Gasteiger partial charge is 0.352 e. The molecule has 4 N–H and O–H groups in total. The quantitative estimate of drug-likeness (QED) is 0.559. The zero-order valence-electron chi connectivity index (χ0n) is 14.6. The monoisotopic (exact) mass is 339 g/mol. The molecule has 0 aliphatic heterocycles. The molecule has 0 amide bonds. The number of rotatable bonds is 4. The van der Waals surface area contributed by atoms with Gasteiger partial charge in [0.15, 0.2) is 0 Å². The van der Waals surface area contributed by atoms with Gasteiger partial charge < -0.3 is 19.7 Å². The summed E-state index contributed by atoms with van der Waals surface area (Å²) in [5.41, 5.74) is 2.12. The molecule has 1 aromatic carbocycles. The number of benzene rings is 1. The molecule has 0 bridgehead atoms. The van der Waals surface area contributed by atoms with Crippen molar-refractivity contribution < 1.29 is 29.3 Å². The lowest BCUT2D eigenvalue weighted by molar-refractivity contribution is -0.175. The molecule has 7 nitrogen and oxygen atoms in total. The van der Waals surface area contributed by atoms with Gasteiger partial charge in [0, 0.05) is 0 Å². The second-order valence-corrected chi connectivity index (χ2v) is 6.42. The van der Waals surface area contributed by atoms with E-state index in [1.807, 2.05) is 0 Å². The Balaban J connectivity index is 0.00000118. The Kier molecular flexibility index (Phi) is 7.76. The van der Waals surface area contributed by atoms with Crippen LogP contribution in [0.4, 0.5) is 0 Å². The van der Waals surface area contributed by atoms with Crippen LogP contribution in [0.15, 0.2) is 30.3 Å². The van der Waals surface area contributed by atoms with E-state index in [9.17, 15) is 19.5 Å². The van der Waals surface area contributed by atoms with Gasteiger partial charge in [0.2, 0.25) is 5.72 Å². The van der Waals surface area contributed by atoms with Crippen LogP contribution in [0.2, 0.25) is 0 Å². The topological polar surface area (TPSA) is 127 Å². The Labute approximate surface area is 141 Å². The minimum atomic E-state index is -2.75. The number of hydrogen-bond donors (Lipinski definition) is 3. The fraction of sp³-hybridized carbons (Fsp3) is 0.471. The fourth-order valence-corrected chi connectivity index (χ4v) is 1.70. The number of Topliss-reactive ketones (excluding diaryl/α,β-unsaturated/α-hetero) is 1. The van der Waals surface area contributed by atoms with Crippen molar-refractivity contribution in [1.29, 1.82) is 0 Å². The summed E-state index contributed by atoms with van der Waals surface area (Å²) in [5.74, 6) is -3.94. The van der Waals surface area contributed by atoms with E-state index in [2.05, 4.69) is 0 Å². The van der Waals surface area contributed by atoms with E-state index < -0.39 is 29.2 Å². The third kappa shape index (κ3) is 7.34. The fourth-order valence-electron chi connectivity index (χ4n) is 1.70. The lowest BCUT2D eigenvalue weighted by atomic mass is 9.88. The average Bonchev–Trinajstić information content (AvgIpc) is 2.36. The Morgan fingerprint density at radius 2 is 1.50 bits per heavy atom. The first-order valence-electron chi connectivity index (χ1n) is 7.28. The number of aliphatic carboxylic acids is 1. The van der Waals surface area contributed by atoms with Crippen LogP contribution in [0.5, 0.6) is 0 Å². The highest BCUT2D eigenvalue weighted by Gasteiger charge is 2.47. The Morgan fingerprint density at radius 3 is 1.83 bits per heavy atom. The minimum absolute atomic E-state index is 0.167. The van der Waals surface area contributed by atoms with Crippen molar-refractivity contribution in [2.75, 3.05) is 0 Å². The zero-order chi connectivity index (χ0) is 19.1. The molecule has 0 saturated carbocycles. The van der Waals surface area contributed by atoms with Crippen LogP contribution in [-0.2, 0) is 19.1 Å². The van der Waals surface area contributed by atoms with Gasteiger partial charge in [0.05, 0.1) is 0 Å². The van der Waals surface area contributed by atoms with E-state index in [1.165, 1.54) is 26.0 Å². The molecule has 0 aliphatic rings.